The van der Waals surface area contributed by atoms with Gasteiger partial charge >= 0.3 is 0 Å². The third-order valence-corrected chi connectivity index (χ3v) is 4.07. The molecule has 2 aromatic rings. The molecule has 1 fully saturated rings. The molecule has 6 nitrogen and oxygen atoms in total. The number of pyridine rings is 1. The Bertz CT molecular complexity index is 633. The summed E-state index contributed by atoms with van der Waals surface area (Å²) in [7, 11) is 0. The van der Waals surface area contributed by atoms with Crippen molar-refractivity contribution >= 4 is 5.91 Å². The number of hydrogen-bond acceptors (Lipinski definition) is 4. The summed E-state index contributed by atoms with van der Waals surface area (Å²) in [5, 5.41) is 17.3. The van der Waals surface area contributed by atoms with E-state index in [1.807, 2.05) is 0 Å². The number of hydrogen-bond donors (Lipinski definition) is 2. The summed E-state index contributed by atoms with van der Waals surface area (Å²) in [6, 6.07) is 7.02. The molecular weight excluding hydrogens is 280 g/mol. The molecule has 0 aliphatic heterocycles. The lowest BCUT2D eigenvalue weighted by molar-refractivity contribution is 0.00521. The van der Waals surface area contributed by atoms with Gasteiger partial charge in [-0.05, 0) is 31.0 Å². The number of aromatic nitrogens is 3. The molecule has 6 heteroatoms. The zero-order chi connectivity index (χ0) is 15.4. The summed E-state index contributed by atoms with van der Waals surface area (Å²) < 4.78 is 1.60. The van der Waals surface area contributed by atoms with E-state index in [0.29, 0.717) is 11.5 Å². The van der Waals surface area contributed by atoms with E-state index < -0.39 is 5.60 Å². The zero-order valence-corrected chi connectivity index (χ0v) is 12.4. The van der Waals surface area contributed by atoms with Gasteiger partial charge in [0.15, 0.2) is 5.82 Å². The normalized spacial score (nSPS) is 17.1. The fourth-order valence-corrected chi connectivity index (χ4v) is 2.80. The second kappa shape index (κ2) is 6.27. The molecule has 2 aromatic heterocycles. The van der Waals surface area contributed by atoms with Crippen LogP contribution in [-0.2, 0) is 0 Å². The largest absolute Gasteiger partial charge is 0.388 e. The van der Waals surface area contributed by atoms with Gasteiger partial charge in [-0.2, -0.15) is 5.10 Å². The average Bonchev–Trinajstić information content (AvgIpc) is 3.08. The molecule has 2 N–H and O–H groups in total. The van der Waals surface area contributed by atoms with Gasteiger partial charge in [0.05, 0.1) is 5.60 Å². The van der Waals surface area contributed by atoms with Gasteiger partial charge in [-0.15, -0.1) is 0 Å². The summed E-state index contributed by atoms with van der Waals surface area (Å²) in [5.41, 5.74) is -0.444. The Hall–Kier alpha value is -2.21. The van der Waals surface area contributed by atoms with Crippen molar-refractivity contribution in [2.24, 2.45) is 0 Å². The van der Waals surface area contributed by atoms with Crippen LogP contribution in [0.4, 0.5) is 0 Å². The topological polar surface area (TPSA) is 80.0 Å². The third-order valence-electron chi connectivity index (χ3n) is 4.07. The first kappa shape index (κ1) is 14.7. The lowest BCUT2D eigenvalue weighted by Crippen LogP contribution is -2.44. The predicted molar refractivity (Wildman–Crippen MR) is 81.7 cm³/mol. The number of nitrogens with one attached hydrogen (secondary N) is 1. The van der Waals surface area contributed by atoms with Crippen molar-refractivity contribution in [1.82, 2.24) is 20.1 Å². The Labute approximate surface area is 129 Å². The number of nitrogens with zero attached hydrogens (tertiary/aromatic N) is 3. The van der Waals surface area contributed by atoms with Crippen molar-refractivity contribution < 1.29 is 9.90 Å². The van der Waals surface area contributed by atoms with E-state index >= 15 is 0 Å². The third kappa shape index (κ3) is 3.33. The molecule has 1 saturated carbocycles. The number of rotatable bonds is 4. The second-order valence-electron chi connectivity index (χ2n) is 5.80. The number of aliphatic hydroxyl groups is 1. The highest BCUT2D eigenvalue weighted by atomic mass is 16.3. The van der Waals surface area contributed by atoms with Crippen LogP contribution in [0, 0.1) is 0 Å². The van der Waals surface area contributed by atoms with E-state index in [4.69, 9.17) is 0 Å². The average molecular weight is 300 g/mol. The molecule has 0 saturated heterocycles. The second-order valence-corrected chi connectivity index (χ2v) is 5.80. The Morgan fingerprint density at radius 2 is 2.09 bits per heavy atom. The molecule has 0 atom stereocenters. The van der Waals surface area contributed by atoms with E-state index in [0.717, 1.165) is 32.1 Å². The van der Waals surface area contributed by atoms with Gasteiger partial charge in [-0.25, -0.2) is 9.67 Å². The highest BCUT2D eigenvalue weighted by Gasteiger charge is 2.29. The van der Waals surface area contributed by atoms with Crippen LogP contribution in [0.5, 0.6) is 0 Å². The highest BCUT2D eigenvalue weighted by molar-refractivity contribution is 5.92. The van der Waals surface area contributed by atoms with Gasteiger partial charge in [0.1, 0.15) is 5.69 Å². The summed E-state index contributed by atoms with van der Waals surface area (Å²) >= 11 is 0. The van der Waals surface area contributed by atoms with Gasteiger partial charge in [-0.3, -0.25) is 4.79 Å². The van der Waals surface area contributed by atoms with E-state index in [9.17, 15) is 9.90 Å². The first-order valence-electron chi connectivity index (χ1n) is 7.64. The van der Waals surface area contributed by atoms with Crippen molar-refractivity contribution in [2.75, 3.05) is 6.54 Å². The minimum atomic E-state index is -0.770. The molecule has 1 aliphatic rings. The molecule has 1 amide bonds. The first-order chi connectivity index (χ1) is 10.7. The van der Waals surface area contributed by atoms with E-state index in [2.05, 4.69) is 15.4 Å². The van der Waals surface area contributed by atoms with Crippen molar-refractivity contribution in [3.63, 3.8) is 0 Å². The van der Waals surface area contributed by atoms with Gasteiger partial charge < -0.3 is 10.4 Å². The number of amides is 1. The summed E-state index contributed by atoms with van der Waals surface area (Å²) in [6.07, 6.45) is 8.10. The van der Waals surface area contributed by atoms with E-state index in [1.165, 1.54) is 0 Å². The SMILES string of the molecule is O=C(NCC1(O)CCCCC1)c1cccc(-n2cccn2)n1. The Kier molecular flexibility index (Phi) is 4.20. The van der Waals surface area contributed by atoms with Crippen molar-refractivity contribution in [3.05, 3.63) is 42.4 Å². The van der Waals surface area contributed by atoms with Crippen molar-refractivity contribution in [1.29, 1.82) is 0 Å². The van der Waals surface area contributed by atoms with Crippen LogP contribution in [0.15, 0.2) is 36.7 Å². The molecule has 0 aromatic carbocycles. The maximum absolute atomic E-state index is 12.2. The number of carbonyl (C=O) groups excluding carboxylic acids is 1. The fourth-order valence-electron chi connectivity index (χ4n) is 2.80. The van der Waals surface area contributed by atoms with Crippen LogP contribution in [0.1, 0.15) is 42.6 Å². The minimum absolute atomic E-state index is 0.270. The molecule has 0 spiro atoms. The molecule has 116 valence electrons. The minimum Gasteiger partial charge on any atom is -0.388 e. The number of carbonyl (C=O) groups is 1. The van der Waals surface area contributed by atoms with Gasteiger partial charge in [0, 0.05) is 18.9 Å². The van der Waals surface area contributed by atoms with Crippen LogP contribution in [0.25, 0.3) is 5.82 Å². The quantitative estimate of drug-likeness (QED) is 0.900. The van der Waals surface area contributed by atoms with E-state index in [-0.39, 0.29) is 12.5 Å². The Morgan fingerprint density at radius 3 is 2.82 bits per heavy atom. The summed E-state index contributed by atoms with van der Waals surface area (Å²) in [4.78, 5) is 16.5. The summed E-state index contributed by atoms with van der Waals surface area (Å²) in [5.74, 6) is 0.321. The molecule has 0 bridgehead atoms. The van der Waals surface area contributed by atoms with Gasteiger partial charge in [-0.1, -0.05) is 25.3 Å². The van der Waals surface area contributed by atoms with Crippen molar-refractivity contribution in [3.8, 4) is 5.82 Å². The molecule has 1 aliphatic carbocycles. The predicted octanol–water partition coefficient (Wildman–Crippen LogP) is 1.69. The van der Waals surface area contributed by atoms with Crippen LogP contribution in [0.3, 0.4) is 0 Å². The molecular formula is C16H20N4O2. The summed E-state index contributed by atoms with van der Waals surface area (Å²) in [6.45, 7) is 0.277. The molecule has 3 rings (SSSR count). The van der Waals surface area contributed by atoms with Crippen LogP contribution in [-0.4, -0.2) is 37.9 Å². The molecule has 0 unspecified atom stereocenters. The molecule has 22 heavy (non-hydrogen) atoms. The maximum atomic E-state index is 12.2. The van der Waals surface area contributed by atoms with E-state index in [1.54, 1.807) is 41.3 Å². The molecule has 2 heterocycles. The van der Waals surface area contributed by atoms with Gasteiger partial charge in [0.25, 0.3) is 5.91 Å². The molecule has 0 radical (unpaired) electrons. The standard InChI is InChI=1S/C16H20N4O2/c21-15(17-12-16(22)8-2-1-3-9-16)13-6-4-7-14(19-13)20-11-5-10-18-20/h4-7,10-11,22H,1-3,8-9,12H2,(H,17,21). The van der Waals surface area contributed by atoms with Crippen LogP contribution >= 0.6 is 0 Å². The van der Waals surface area contributed by atoms with Crippen molar-refractivity contribution in [2.45, 2.75) is 37.7 Å². The van der Waals surface area contributed by atoms with Crippen LogP contribution in [0.2, 0.25) is 0 Å². The smallest absolute Gasteiger partial charge is 0.270 e. The monoisotopic (exact) mass is 300 g/mol. The fraction of sp³-hybridized carbons (Fsp3) is 0.438. The van der Waals surface area contributed by atoms with Gasteiger partial charge in [0.2, 0.25) is 0 Å². The lowest BCUT2D eigenvalue weighted by atomic mass is 9.85. The lowest BCUT2D eigenvalue weighted by Gasteiger charge is -2.32. The maximum Gasteiger partial charge on any atom is 0.270 e. The Morgan fingerprint density at radius 1 is 1.27 bits per heavy atom. The first-order valence-corrected chi connectivity index (χ1v) is 7.64. The van der Waals surface area contributed by atoms with Crippen LogP contribution < -0.4 is 5.32 Å². The highest BCUT2D eigenvalue weighted by Crippen LogP contribution is 2.27. The zero-order valence-electron chi connectivity index (χ0n) is 12.4. The Balaban J connectivity index is 1.66.